The summed E-state index contributed by atoms with van der Waals surface area (Å²) in [6.07, 6.45) is 0. The first-order chi connectivity index (χ1) is 11.8. The number of rotatable bonds is 3. The Balaban J connectivity index is 1.41. The van der Waals surface area contributed by atoms with E-state index in [1.54, 1.807) is 0 Å². The van der Waals surface area contributed by atoms with Crippen LogP contribution < -0.4 is 15.4 Å². The van der Waals surface area contributed by atoms with Gasteiger partial charge in [0.2, 0.25) is 5.91 Å². The fraction of sp³-hybridized carbons (Fsp3) is 0.350. The predicted molar refractivity (Wildman–Crippen MR) is 91.2 cm³/mol. The van der Waals surface area contributed by atoms with Gasteiger partial charge < -0.3 is 15.4 Å². The second-order valence-corrected chi connectivity index (χ2v) is 7.01. The summed E-state index contributed by atoms with van der Waals surface area (Å²) in [5, 5.41) is 6.60. The highest BCUT2D eigenvalue weighted by Crippen LogP contribution is 2.48. The fourth-order valence-corrected chi connectivity index (χ4v) is 4.36. The lowest BCUT2D eigenvalue weighted by atomic mass is 9.87. The van der Waals surface area contributed by atoms with Gasteiger partial charge in [0.25, 0.3) is 0 Å². The molecule has 1 saturated heterocycles. The first kappa shape index (κ1) is 14.1. The molecule has 1 saturated carbocycles. The van der Waals surface area contributed by atoms with Gasteiger partial charge in [0, 0.05) is 17.7 Å². The Morgan fingerprint density at radius 3 is 2.21 bits per heavy atom. The number of nitrogens with one attached hydrogen (secondary N) is 2. The van der Waals surface area contributed by atoms with Crippen LogP contribution in [-0.4, -0.2) is 25.5 Å². The number of hydrogen-bond donors (Lipinski definition) is 2. The highest BCUT2D eigenvalue weighted by Gasteiger charge is 2.52. The van der Waals surface area contributed by atoms with Crippen molar-refractivity contribution < 1.29 is 9.53 Å². The number of carbonyl (C=O) groups excluding carboxylic acids is 1. The SMILES string of the molecule is O=C(NCC1[C@H]2CNC[C@@H]12)C1c2ccccc2Oc2ccccc21. The summed E-state index contributed by atoms with van der Waals surface area (Å²) in [5.74, 6) is 3.53. The second kappa shape index (κ2) is 5.35. The van der Waals surface area contributed by atoms with Gasteiger partial charge in [-0.15, -0.1) is 0 Å². The quantitative estimate of drug-likeness (QED) is 0.913. The maximum atomic E-state index is 13.0. The molecule has 1 amide bonds. The molecule has 2 heterocycles. The molecule has 4 heteroatoms. The monoisotopic (exact) mass is 320 g/mol. The second-order valence-electron chi connectivity index (χ2n) is 7.01. The summed E-state index contributed by atoms with van der Waals surface area (Å²) < 4.78 is 5.97. The molecule has 3 aliphatic rings. The molecule has 0 bridgehead atoms. The molecule has 24 heavy (non-hydrogen) atoms. The van der Waals surface area contributed by atoms with Gasteiger partial charge >= 0.3 is 0 Å². The first-order valence-electron chi connectivity index (χ1n) is 8.67. The third-order valence-electron chi connectivity index (χ3n) is 5.72. The Bertz CT molecular complexity index is 748. The Morgan fingerprint density at radius 1 is 1.00 bits per heavy atom. The van der Waals surface area contributed by atoms with Crippen molar-refractivity contribution in [1.82, 2.24) is 10.6 Å². The molecule has 3 atom stereocenters. The minimum atomic E-state index is -0.289. The molecular formula is C20H20N2O2. The summed E-state index contributed by atoms with van der Waals surface area (Å²) >= 11 is 0. The molecule has 2 aromatic rings. The molecule has 2 fully saturated rings. The number of amides is 1. The van der Waals surface area contributed by atoms with Gasteiger partial charge in [-0.2, -0.15) is 0 Å². The average Bonchev–Trinajstić information content (AvgIpc) is 3.04. The number of fused-ring (bicyclic) bond motifs is 3. The van der Waals surface area contributed by atoms with Gasteiger partial charge in [0.15, 0.2) is 0 Å². The van der Waals surface area contributed by atoms with E-state index in [1.807, 2.05) is 48.5 Å². The number of ether oxygens (including phenoxy) is 1. The van der Waals surface area contributed by atoms with Gasteiger partial charge in [-0.1, -0.05) is 36.4 Å². The van der Waals surface area contributed by atoms with Crippen LogP contribution in [0.25, 0.3) is 0 Å². The van der Waals surface area contributed by atoms with Crippen LogP contribution >= 0.6 is 0 Å². The summed E-state index contributed by atoms with van der Waals surface area (Å²) in [6, 6.07) is 15.7. The van der Waals surface area contributed by atoms with Gasteiger partial charge in [-0.05, 0) is 43.0 Å². The highest BCUT2D eigenvalue weighted by atomic mass is 16.5. The first-order valence-corrected chi connectivity index (χ1v) is 8.67. The van der Waals surface area contributed by atoms with E-state index in [0.29, 0.717) is 5.92 Å². The third-order valence-corrected chi connectivity index (χ3v) is 5.72. The Morgan fingerprint density at radius 2 is 1.58 bits per heavy atom. The molecule has 122 valence electrons. The van der Waals surface area contributed by atoms with Gasteiger partial charge in [-0.25, -0.2) is 0 Å². The van der Waals surface area contributed by atoms with Gasteiger partial charge in [0.05, 0.1) is 5.92 Å². The third kappa shape index (κ3) is 2.13. The van der Waals surface area contributed by atoms with E-state index in [0.717, 1.165) is 54.1 Å². The highest BCUT2D eigenvalue weighted by molar-refractivity contribution is 5.89. The number of para-hydroxylation sites is 2. The van der Waals surface area contributed by atoms with Crippen molar-refractivity contribution in [3.05, 3.63) is 59.7 Å². The van der Waals surface area contributed by atoms with Gasteiger partial charge in [-0.3, -0.25) is 4.79 Å². The fourth-order valence-electron chi connectivity index (χ4n) is 4.36. The van der Waals surface area contributed by atoms with Crippen molar-refractivity contribution in [3.63, 3.8) is 0 Å². The topological polar surface area (TPSA) is 50.4 Å². The summed E-state index contributed by atoms with van der Waals surface area (Å²) in [6.45, 7) is 3.00. The van der Waals surface area contributed by atoms with Crippen LogP contribution in [0.15, 0.2) is 48.5 Å². The molecule has 0 aromatic heterocycles. The Labute approximate surface area is 141 Å². The normalized spacial score (nSPS) is 26.8. The summed E-state index contributed by atoms with van der Waals surface area (Å²) in [7, 11) is 0. The zero-order valence-corrected chi connectivity index (χ0v) is 13.4. The van der Waals surface area contributed by atoms with Gasteiger partial charge in [0.1, 0.15) is 11.5 Å². The van der Waals surface area contributed by atoms with Crippen molar-refractivity contribution in [2.45, 2.75) is 5.92 Å². The van der Waals surface area contributed by atoms with E-state index < -0.39 is 0 Å². The van der Waals surface area contributed by atoms with Crippen LogP contribution in [0, 0.1) is 17.8 Å². The molecular weight excluding hydrogens is 300 g/mol. The maximum absolute atomic E-state index is 13.0. The van der Waals surface area contributed by atoms with Crippen LogP contribution in [0.2, 0.25) is 0 Å². The van der Waals surface area contributed by atoms with Crippen LogP contribution in [0.3, 0.4) is 0 Å². The van der Waals surface area contributed by atoms with Crippen LogP contribution in [0.5, 0.6) is 11.5 Å². The minimum absolute atomic E-state index is 0.0798. The molecule has 2 N–H and O–H groups in total. The van der Waals surface area contributed by atoms with E-state index in [2.05, 4.69) is 10.6 Å². The molecule has 2 aromatic carbocycles. The zero-order chi connectivity index (χ0) is 16.1. The standard InChI is InChI=1S/C20H20N2O2/c23-20(22-11-16-14-9-21-10-15(14)16)19-12-5-1-3-7-17(12)24-18-8-4-2-6-13(18)19/h1-8,14-16,19,21H,9-11H2,(H,22,23)/t14-,15+,16?. The predicted octanol–water partition coefficient (Wildman–Crippen LogP) is 2.51. The van der Waals surface area contributed by atoms with Crippen LogP contribution in [0.4, 0.5) is 0 Å². The van der Waals surface area contributed by atoms with Crippen LogP contribution in [0.1, 0.15) is 17.0 Å². The number of piperidine rings is 1. The molecule has 0 spiro atoms. The zero-order valence-electron chi connectivity index (χ0n) is 13.4. The van der Waals surface area contributed by atoms with Crippen molar-refractivity contribution in [2.24, 2.45) is 17.8 Å². The average molecular weight is 320 g/mol. The molecule has 5 rings (SSSR count). The Hall–Kier alpha value is -2.33. The van der Waals surface area contributed by atoms with Crippen molar-refractivity contribution >= 4 is 5.91 Å². The molecule has 0 radical (unpaired) electrons. The summed E-state index contributed by atoms with van der Waals surface area (Å²) in [4.78, 5) is 13.0. The lowest BCUT2D eigenvalue weighted by Gasteiger charge is -2.27. The van der Waals surface area contributed by atoms with E-state index >= 15 is 0 Å². The lowest BCUT2D eigenvalue weighted by molar-refractivity contribution is -0.121. The largest absolute Gasteiger partial charge is 0.457 e. The lowest BCUT2D eigenvalue weighted by Crippen LogP contribution is -2.34. The van der Waals surface area contributed by atoms with Crippen molar-refractivity contribution in [2.75, 3.05) is 19.6 Å². The van der Waals surface area contributed by atoms with E-state index in [4.69, 9.17) is 4.74 Å². The van der Waals surface area contributed by atoms with E-state index in [9.17, 15) is 4.79 Å². The minimum Gasteiger partial charge on any atom is -0.457 e. The molecule has 1 aliphatic carbocycles. The van der Waals surface area contributed by atoms with Crippen LogP contribution in [-0.2, 0) is 4.79 Å². The Kier molecular flexibility index (Phi) is 3.13. The molecule has 2 aliphatic heterocycles. The summed E-state index contributed by atoms with van der Waals surface area (Å²) in [5.41, 5.74) is 1.90. The van der Waals surface area contributed by atoms with E-state index in [1.165, 1.54) is 0 Å². The molecule has 1 unspecified atom stereocenters. The number of carbonyl (C=O) groups is 1. The smallest absolute Gasteiger partial charge is 0.232 e. The van der Waals surface area contributed by atoms with Crippen molar-refractivity contribution in [1.29, 1.82) is 0 Å². The maximum Gasteiger partial charge on any atom is 0.232 e. The number of benzene rings is 2. The van der Waals surface area contributed by atoms with Crippen molar-refractivity contribution in [3.8, 4) is 11.5 Å². The molecule has 4 nitrogen and oxygen atoms in total. The number of hydrogen-bond acceptors (Lipinski definition) is 3. The van der Waals surface area contributed by atoms with E-state index in [-0.39, 0.29) is 11.8 Å².